The number of halogens is 1. The summed E-state index contributed by atoms with van der Waals surface area (Å²) in [6, 6.07) is 2.56. The van der Waals surface area contributed by atoms with Crippen LogP contribution in [0.1, 0.15) is 12.8 Å². The second kappa shape index (κ2) is 5.01. The third-order valence-electron chi connectivity index (χ3n) is 2.70. The van der Waals surface area contributed by atoms with Gasteiger partial charge in [-0.3, -0.25) is 0 Å². The number of hydrogen-bond donors (Lipinski definition) is 1. The highest BCUT2D eigenvalue weighted by molar-refractivity contribution is 9.10. The third kappa shape index (κ3) is 3.09. The Balaban J connectivity index is 1.80. The van der Waals surface area contributed by atoms with Gasteiger partial charge in [0.1, 0.15) is 6.61 Å². The molecule has 0 saturated heterocycles. The summed E-state index contributed by atoms with van der Waals surface area (Å²) < 4.78 is 6.41. The maximum atomic E-state index is 5.78. The molecule has 1 saturated carbocycles. The zero-order valence-electron chi connectivity index (χ0n) is 9.32. The molecule has 0 amide bonds. The van der Waals surface area contributed by atoms with Crippen LogP contribution in [0.25, 0.3) is 0 Å². The third-order valence-corrected chi connectivity index (χ3v) is 3.13. The molecule has 4 nitrogen and oxygen atoms in total. The summed E-state index contributed by atoms with van der Waals surface area (Å²) >= 11 is 3.31. The predicted molar refractivity (Wildman–Crippen MR) is 67.5 cm³/mol. The number of nitrogen functional groups attached to an aromatic ring is 1. The molecule has 1 aromatic rings. The van der Waals surface area contributed by atoms with Crippen LogP contribution in [0.3, 0.4) is 0 Å². The fourth-order valence-electron chi connectivity index (χ4n) is 1.55. The van der Waals surface area contributed by atoms with E-state index in [1.165, 1.54) is 12.8 Å². The highest BCUT2D eigenvalue weighted by Crippen LogP contribution is 2.25. The summed E-state index contributed by atoms with van der Waals surface area (Å²) in [5.41, 5.74) is 6.35. The summed E-state index contributed by atoms with van der Waals surface area (Å²) in [5.74, 6) is 0.521. The Labute approximate surface area is 104 Å². The predicted octanol–water partition coefficient (Wildman–Crippen LogP) is 1.90. The molecule has 16 heavy (non-hydrogen) atoms. The van der Waals surface area contributed by atoms with Gasteiger partial charge in [0.15, 0.2) is 0 Å². The van der Waals surface area contributed by atoms with Gasteiger partial charge in [-0.05, 0) is 41.9 Å². The SMILES string of the molecule is CN(CCOc1ncc(Br)cc1N)C1CC1. The van der Waals surface area contributed by atoms with E-state index in [1.807, 2.05) is 0 Å². The lowest BCUT2D eigenvalue weighted by molar-refractivity contribution is 0.227. The zero-order chi connectivity index (χ0) is 11.5. The molecule has 0 bridgehead atoms. The molecule has 0 aromatic carbocycles. The minimum absolute atomic E-state index is 0.521. The van der Waals surface area contributed by atoms with Gasteiger partial charge in [0.25, 0.3) is 0 Å². The molecule has 0 aliphatic heterocycles. The quantitative estimate of drug-likeness (QED) is 0.898. The van der Waals surface area contributed by atoms with Gasteiger partial charge in [-0.1, -0.05) is 0 Å². The highest BCUT2D eigenvalue weighted by Gasteiger charge is 2.25. The Bertz CT molecular complexity index is 368. The van der Waals surface area contributed by atoms with Gasteiger partial charge in [-0.15, -0.1) is 0 Å². The number of nitrogens with zero attached hydrogens (tertiary/aromatic N) is 2. The molecule has 0 radical (unpaired) electrons. The van der Waals surface area contributed by atoms with E-state index < -0.39 is 0 Å². The Hall–Kier alpha value is -0.810. The Morgan fingerprint density at radius 2 is 2.38 bits per heavy atom. The molecule has 5 heteroatoms. The van der Waals surface area contributed by atoms with Crippen LogP contribution in [-0.4, -0.2) is 36.1 Å². The number of hydrogen-bond acceptors (Lipinski definition) is 4. The summed E-state index contributed by atoms with van der Waals surface area (Å²) in [5, 5.41) is 0. The molecule has 2 N–H and O–H groups in total. The molecule has 0 unspecified atom stereocenters. The monoisotopic (exact) mass is 285 g/mol. The van der Waals surface area contributed by atoms with Crippen molar-refractivity contribution in [3.05, 3.63) is 16.7 Å². The van der Waals surface area contributed by atoms with E-state index in [0.717, 1.165) is 17.1 Å². The standard InChI is InChI=1S/C11H16BrN3O/c1-15(9-2-3-9)4-5-16-11-10(13)6-8(12)7-14-11/h6-7,9H,2-5,13H2,1H3. The van der Waals surface area contributed by atoms with E-state index in [9.17, 15) is 0 Å². The molecule has 1 heterocycles. The summed E-state index contributed by atoms with van der Waals surface area (Å²) in [4.78, 5) is 6.44. The van der Waals surface area contributed by atoms with Crippen molar-refractivity contribution in [2.75, 3.05) is 25.9 Å². The van der Waals surface area contributed by atoms with Crippen LogP contribution in [-0.2, 0) is 0 Å². The minimum atomic E-state index is 0.521. The van der Waals surface area contributed by atoms with E-state index in [4.69, 9.17) is 10.5 Å². The van der Waals surface area contributed by atoms with Crippen LogP contribution in [0.15, 0.2) is 16.7 Å². The first kappa shape index (κ1) is 11.7. The summed E-state index contributed by atoms with van der Waals surface area (Å²) in [7, 11) is 2.12. The fourth-order valence-corrected chi connectivity index (χ4v) is 1.90. The van der Waals surface area contributed by atoms with E-state index in [-0.39, 0.29) is 0 Å². The largest absolute Gasteiger partial charge is 0.475 e. The van der Waals surface area contributed by atoms with Crippen LogP contribution >= 0.6 is 15.9 Å². The molecule has 0 atom stereocenters. The number of rotatable bonds is 5. The molecular weight excluding hydrogens is 270 g/mol. The second-order valence-electron chi connectivity index (χ2n) is 4.11. The lowest BCUT2D eigenvalue weighted by atomic mass is 10.4. The first-order valence-corrected chi connectivity index (χ1v) is 6.20. The average molecular weight is 286 g/mol. The highest BCUT2D eigenvalue weighted by atomic mass is 79.9. The lowest BCUT2D eigenvalue weighted by Crippen LogP contribution is -2.26. The van der Waals surface area contributed by atoms with Crippen LogP contribution in [0, 0.1) is 0 Å². The molecule has 1 aromatic heterocycles. The van der Waals surface area contributed by atoms with Gasteiger partial charge in [-0.25, -0.2) is 4.98 Å². The summed E-state index contributed by atoms with van der Waals surface area (Å²) in [6.45, 7) is 1.55. The van der Waals surface area contributed by atoms with Crippen LogP contribution in [0.2, 0.25) is 0 Å². The number of anilines is 1. The molecule has 0 spiro atoms. The van der Waals surface area contributed by atoms with Crippen LogP contribution in [0.4, 0.5) is 5.69 Å². The molecule has 1 aliphatic rings. The van der Waals surface area contributed by atoms with Crippen molar-refractivity contribution >= 4 is 21.6 Å². The van der Waals surface area contributed by atoms with Crippen molar-refractivity contribution in [3.63, 3.8) is 0 Å². The van der Waals surface area contributed by atoms with Crippen molar-refractivity contribution < 1.29 is 4.74 Å². The van der Waals surface area contributed by atoms with Gasteiger partial charge >= 0.3 is 0 Å². The number of ether oxygens (including phenoxy) is 1. The number of aromatic nitrogens is 1. The first-order chi connectivity index (χ1) is 7.66. The maximum Gasteiger partial charge on any atom is 0.237 e. The Morgan fingerprint density at radius 3 is 3.00 bits per heavy atom. The van der Waals surface area contributed by atoms with E-state index in [1.54, 1.807) is 12.3 Å². The number of likely N-dealkylation sites (N-methyl/N-ethyl adjacent to an activating group) is 1. The Morgan fingerprint density at radius 1 is 1.62 bits per heavy atom. The lowest BCUT2D eigenvalue weighted by Gasteiger charge is -2.15. The van der Waals surface area contributed by atoms with Crippen molar-refractivity contribution in [3.8, 4) is 5.88 Å². The molecule has 1 fully saturated rings. The van der Waals surface area contributed by atoms with Gasteiger partial charge in [0, 0.05) is 23.3 Å². The summed E-state index contributed by atoms with van der Waals surface area (Å²) in [6.07, 6.45) is 4.32. The van der Waals surface area contributed by atoms with Crippen molar-refractivity contribution in [1.82, 2.24) is 9.88 Å². The van der Waals surface area contributed by atoms with Gasteiger partial charge < -0.3 is 15.4 Å². The molecule has 1 aliphatic carbocycles. The van der Waals surface area contributed by atoms with E-state index >= 15 is 0 Å². The topological polar surface area (TPSA) is 51.4 Å². The average Bonchev–Trinajstić information content (AvgIpc) is 3.04. The Kier molecular flexibility index (Phi) is 3.66. The van der Waals surface area contributed by atoms with Gasteiger partial charge in [0.2, 0.25) is 5.88 Å². The maximum absolute atomic E-state index is 5.78. The zero-order valence-corrected chi connectivity index (χ0v) is 10.9. The molecule has 2 rings (SSSR count). The smallest absolute Gasteiger partial charge is 0.237 e. The number of pyridine rings is 1. The first-order valence-electron chi connectivity index (χ1n) is 5.41. The minimum Gasteiger partial charge on any atom is -0.475 e. The fraction of sp³-hybridized carbons (Fsp3) is 0.545. The normalized spacial score (nSPS) is 15.4. The second-order valence-corrected chi connectivity index (χ2v) is 5.02. The van der Waals surface area contributed by atoms with Crippen LogP contribution < -0.4 is 10.5 Å². The molecular formula is C11H16BrN3O. The van der Waals surface area contributed by atoms with Crippen molar-refractivity contribution in [2.24, 2.45) is 0 Å². The molecule has 88 valence electrons. The van der Waals surface area contributed by atoms with Crippen molar-refractivity contribution in [1.29, 1.82) is 0 Å². The van der Waals surface area contributed by atoms with Gasteiger partial charge in [-0.2, -0.15) is 0 Å². The van der Waals surface area contributed by atoms with E-state index in [0.29, 0.717) is 18.2 Å². The van der Waals surface area contributed by atoms with E-state index in [2.05, 4.69) is 32.9 Å². The van der Waals surface area contributed by atoms with Crippen LogP contribution in [0.5, 0.6) is 5.88 Å². The number of nitrogens with two attached hydrogens (primary N) is 1. The van der Waals surface area contributed by atoms with Gasteiger partial charge in [0.05, 0.1) is 5.69 Å². The van der Waals surface area contributed by atoms with Crippen molar-refractivity contribution in [2.45, 2.75) is 18.9 Å².